The number of fused-ring (bicyclic) bond motifs is 1. The third-order valence-electron chi connectivity index (χ3n) is 3.61. The minimum atomic E-state index is -0.448. The first-order valence-corrected chi connectivity index (χ1v) is 9.21. The fourth-order valence-corrected chi connectivity index (χ4v) is 3.52. The van der Waals surface area contributed by atoms with Crippen molar-refractivity contribution in [1.29, 1.82) is 0 Å². The summed E-state index contributed by atoms with van der Waals surface area (Å²) in [4.78, 5) is 11.6. The van der Waals surface area contributed by atoms with Gasteiger partial charge < -0.3 is 19.7 Å². The molecule has 0 aliphatic heterocycles. The molecule has 0 bridgehead atoms. The molecule has 2 rings (SSSR count). The molecular weight excluding hydrogens is 419 g/mol. The summed E-state index contributed by atoms with van der Waals surface area (Å²) in [5, 5.41) is 14.0. The van der Waals surface area contributed by atoms with Crippen molar-refractivity contribution in [2.75, 3.05) is 13.2 Å². The van der Waals surface area contributed by atoms with Crippen LogP contribution in [-0.4, -0.2) is 28.9 Å². The smallest absolute Gasteiger partial charge is 0.407 e. The first-order chi connectivity index (χ1) is 11.5. The molecule has 1 heterocycles. The van der Waals surface area contributed by atoms with Crippen LogP contribution in [0.1, 0.15) is 25.5 Å². The number of aliphatic hydroxyl groups excluding tert-OH is 1. The van der Waals surface area contributed by atoms with Gasteiger partial charge in [0.1, 0.15) is 0 Å². The Balaban J connectivity index is 2.15. The van der Waals surface area contributed by atoms with Crippen LogP contribution in [0.2, 0.25) is 10.0 Å². The highest BCUT2D eigenvalue weighted by atomic mass is 79.9. The average Bonchev–Trinajstić information content (AvgIpc) is 2.92. The normalized spacial score (nSPS) is 11.0. The lowest BCUT2D eigenvalue weighted by Gasteiger charge is -2.12. The number of amides is 1. The summed E-state index contributed by atoms with van der Waals surface area (Å²) >= 11 is 15.9. The van der Waals surface area contributed by atoms with E-state index in [-0.39, 0.29) is 6.61 Å². The number of halogens is 3. The Hall–Kier alpha value is -0.950. The molecule has 24 heavy (non-hydrogen) atoms. The lowest BCUT2D eigenvalue weighted by Crippen LogP contribution is -2.28. The molecule has 0 saturated heterocycles. The average molecular weight is 438 g/mol. The van der Waals surface area contributed by atoms with Gasteiger partial charge in [-0.25, -0.2) is 4.79 Å². The van der Waals surface area contributed by atoms with E-state index < -0.39 is 6.09 Å². The van der Waals surface area contributed by atoms with Crippen molar-refractivity contribution in [1.82, 2.24) is 9.88 Å². The molecule has 8 heteroatoms. The second kappa shape index (κ2) is 8.94. The van der Waals surface area contributed by atoms with E-state index in [1.54, 1.807) is 6.07 Å². The van der Waals surface area contributed by atoms with E-state index in [9.17, 15) is 9.90 Å². The van der Waals surface area contributed by atoms with E-state index in [1.165, 1.54) is 0 Å². The monoisotopic (exact) mass is 436 g/mol. The van der Waals surface area contributed by atoms with Crippen LogP contribution >= 0.6 is 39.1 Å². The van der Waals surface area contributed by atoms with Gasteiger partial charge in [-0.1, -0.05) is 52.5 Å². The number of hydrogen-bond donors (Lipinski definition) is 2. The van der Waals surface area contributed by atoms with Crippen molar-refractivity contribution in [3.05, 3.63) is 32.3 Å². The van der Waals surface area contributed by atoms with Gasteiger partial charge in [-0.05, 0) is 18.6 Å². The molecule has 0 atom stereocenters. The van der Waals surface area contributed by atoms with Gasteiger partial charge in [0.05, 0.1) is 28.8 Å². The van der Waals surface area contributed by atoms with E-state index in [0.29, 0.717) is 35.4 Å². The molecule has 0 fully saturated rings. The molecule has 132 valence electrons. The number of carbonyl (C=O) groups excluding carboxylic acids is 1. The molecule has 2 aromatic rings. The zero-order valence-corrected chi connectivity index (χ0v) is 16.3. The van der Waals surface area contributed by atoms with E-state index in [0.717, 1.165) is 28.2 Å². The maximum absolute atomic E-state index is 11.6. The van der Waals surface area contributed by atoms with Crippen molar-refractivity contribution >= 4 is 56.1 Å². The minimum Gasteiger partial charge on any atom is -0.450 e. The summed E-state index contributed by atoms with van der Waals surface area (Å²) in [7, 11) is 0. The maximum Gasteiger partial charge on any atom is 0.407 e. The van der Waals surface area contributed by atoms with E-state index in [4.69, 9.17) is 27.9 Å². The van der Waals surface area contributed by atoms with Crippen molar-refractivity contribution < 1.29 is 14.6 Å². The van der Waals surface area contributed by atoms with Gasteiger partial charge in [0.15, 0.2) is 0 Å². The van der Waals surface area contributed by atoms with Gasteiger partial charge in [0.25, 0.3) is 0 Å². The predicted molar refractivity (Wildman–Crippen MR) is 99.8 cm³/mol. The summed E-state index contributed by atoms with van der Waals surface area (Å²) in [6, 6.07) is 3.57. The number of alkyl carbamates (subject to hydrolysis) is 1. The third-order valence-corrected chi connectivity index (χ3v) is 5.04. The number of hydrogen-bond acceptors (Lipinski definition) is 3. The molecule has 0 aliphatic rings. The van der Waals surface area contributed by atoms with E-state index in [1.807, 2.05) is 17.6 Å². The number of carbonyl (C=O) groups is 1. The SMILES string of the molecule is CCCCOC(=O)NCCn1c(CO)cc2c(Br)cc(Cl)c(Cl)c21. The molecule has 1 aromatic heterocycles. The molecular formula is C16H19BrCl2N2O3. The summed E-state index contributed by atoms with van der Waals surface area (Å²) < 4.78 is 7.69. The fraction of sp³-hybridized carbons (Fsp3) is 0.438. The molecule has 0 aliphatic carbocycles. The molecule has 5 nitrogen and oxygen atoms in total. The van der Waals surface area contributed by atoms with E-state index >= 15 is 0 Å². The summed E-state index contributed by atoms with van der Waals surface area (Å²) in [6.07, 6.45) is 1.36. The Morgan fingerprint density at radius 3 is 2.83 bits per heavy atom. The van der Waals surface area contributed by atoms with Crippen LogP contribution in [0.3, 0.4) is 0 Å². The number of rotatable bonds is 7. The number of nitrogens with zero attached hydrogens (tertiary/aromatic N) is 1. The fourth-order valence-electron chi connectivity index (χ4n) is 2.40. The zero-order valence-electron chi connectivity index (χ0n) is 13.2. The summed E-state index contributed by atoms with van der Waals surface area (Å²) in [5.41, 5.74) is 1.41. The first kappa shape index (κ1) is 19.4. The Morgan fingerprint density at radius 1 is 1.42 bits per heavy atom. The highest BCUT2D eigenvalue weighted by Crippen LogP contribution is 2.38. The van der Waals surface area contributed by atoms with Crippen molar-refractivity contribution in [3.63, 3.8) is 0 Å². The molecule has 1 aromatic carbocycles. The lowest BCUT2D eigenvalue weighted by molar-refractivity contribution is 0.144. The maximum atomic E-state index is 11.6. The number of ether oxygens (including phenoxy) is 1. The molecule has 0 unspecified atom stereocenters. The quantitative estimate of drug-likeness (QED) is 0.486. The molecule has 1 amide bonds. The zero-order chi connectivity index (χ0) is 17.7. The topological polar surface area (TPSA) is 63.5 Å². The second-order valence-corrected chi connectivity index (χ2v) is 6.92. The molecule has 0 saturated carbocycles. The minimum absolute atomic E-state index is 0.143. The van der Waals surface area contributed by atoms with E-state index in [2.05, 4.69) is 21.2 Å². The number of nitrogens with one attached hydrogen (secondary N) is 1. The second-order valence-electron chi connectivity index (χ2n) is 5.28. The van der Waals surface area contributed by atoms with Crippen LogP contribution in [0.15, 0.2) is 16.6 Å². The highest BCUT2D eigenvalue weighted by Gasteiger charge is 2.16. The van der Waals surface area contributed by atoms with Crippen LogP contribution in [0.5, 0.6) is 0 Å². The highest BCUT2D eigenvalue weighted by molar-refractivity contribution is 9.10. The van der Waals surface area contributed by atoms with Gasteiger partial charge in [0.2, 0.25) is 0 Å². The van der Waals surface area contributed by atoms with Crippen LogP contribution in [-0.2, 0) is 17.9 Å². The van der Waals surface area contributed by atoms with Crippen LogP contribution in [0, 0.1) is 0 Å². The van der Waals surface area contributed by atoms with Gasteiger partial charge in [-0.15, -0.1) is 0 Å². The van der Waals surface area contributed by atoms with Gasteiger partial charge in [0, 0.05) is 28.6 Å². The molecule has 0 spiro atoms. The Labute approximate surface area is 159 Å². The first-order valence-electron chi connectivity index (χ1n) is 7.66. The standard InChI is InChI=1S/C16H19BrCl2N2O3/c1-2-3-6-24-16(23)20-4-5-21-10(9-22)7-11-12(17)8-13(18)14(19)15(11)21/h7-8,22H,2-6,9H2,1H3,(H,20,23). The lowest BCUT2D eigenvalue weighted by atomic mass is 10.2. The van der Waals surface area contributed by atoms with Crippen LogP contribution in [0.25, 0.3) is 10.9 Å². The van der Waals surface area contributed by atoms with Crippen molar-refractivity contribution in [3.8, 4) is 0 Å². The molecule has 2 N–H and O–H groups in total. The Morgan fingerprint density at radius 2 is 2.17 bits per heavy atom. The van der Waals surface area contributed by atoms with Crippen molar-refractivity contribution in [2.24, 2.45) is 0 Å². The summed E-state index contributed by atoms with van der Waals surface area (Å²) in [6.45, 7) is 3.08. The van der Waals surface area contributed by atoms with Crippen LogP contribution in [0.4, 0.5) is 4.79 Å². The van der Waals surface area contributed by atoms with Crippen LogP contribution < -0.4 is 5.32 Å². The van der Waals surface area contributed by atoms with Gasteiger partial charge in [-0.2, -0.15) is 0 Å². The Bertz CT molecular complexity index is 734. The van der Waals surface area contributed by atoms with Gasteiger partial charge in [-0.3, -0.25) is 0 Å². The third kappa shape index (κ3) is 4.36. The molecule has 0 radical (unpaired) electrons. The number of aromatic nitrogens is 1. The van der Waals surface area contributed by atoms with Crippen molar-refractivity contribution in [2.45, 2.75) is 32.9 Å². The van der Waals surface area contributed by atoms with Gasteiger partial charge >= 0.3 is 6.09 Å². The summed E-state index contributed by atoms with van der Waals surface area (Å²) in [5.74, 6) is 0. The largest absolute Gasteiger partial charge is 0.450 e. The predicted octanol–water partition coefficient (Wildman–Crippen LogP) is 4.73. The Kier molecular flexibility index (Phi) is 7.22. The number of unbranched alkanes of at least 4 members (excludes halogenated alkanes) is 1. The number of benzene rings is 1. The number of aliphatic hydroxyl groups is 1.